The molecule has 3 aromatic heterocycles. The average Bonchev–Trinajstić information content (AvgIpc) is 3.49. The number of cyclic esters (lactones) is 2. The zero-order valence-electron chi connectivity index (χ0n) is 17.3. The van der Waals surface area contributed by atoms with Gasteiger partial charge in [0.25, 0.3) is 0 Å². The molecule has 0 saturated carbocycles. The summed E-state index contributed by atoms with van der Waals surface area (Å²) < 4.78 is 21.4. The van der Waals surface area contributed by atoms with E-state index >= 15 is 0 Å². The first-order chi connectivity index (χ1) is 15.6. The topological polar surface area (TPSA) is 84.0 Å². The summed E-state index contributed by atoms with van der Waals surface area (Å²) in [5, 5.41) is 0. The number of hydrogen-bond donors (Lipinski definition) is 0. The highest BCUT2D eigenvalue weighted by Gasteiger charge is 2.16. The minimum absolute atomic E-state index is 0.161. The molecule has 0 saturated heterocycles. The normalized spacial score (nSPS) is 16.0. The summed E-state index contributed by atoms with van der Waals surface area (Å²) in [5.41, 5.74) is 1.53. The Labute approximate surface area is 197 Å². The lowest BCUT2D eigenvalue weighted by atomic mass is 10.2. The van der Waals surface area contributed by atoms with Gasteiger partial charge in [-0.05, 0) is 42.7 Å². The third kappa shape index (κ3) is 5.76. The third-order valence-corrected chi connectivity index (χ3v) is 7.33. The van der Waals surface area contributed by atoms with E-state index in [4.69, 9.17) is 23.9 Å². The molecule has 0 fully saturated rings. The summed E-state index contributed by atoms with van der Waals surface area (Å²) in [7, 11) is 0. The molecule has 0 spiro atoms. The molecule has 0 unspecified atom stereocenters. The van der Waals surface area contributed by atoms with Crippen LogP contribution in [-0.2, 0) is 18.9 Å². The number of hydrogen-bond acceptors (Lipinski definition) is 10. The van der Waals surface area contributed by atoms with Gasteiger partial charge in [-0.15, -0.1) is 34.4 Å². The van der Waals surface area contributed by atoms with Crippen LogP contribution in [0, 0.1) is 0 Å². The smallest absolute Gasteiger partial charge is 0.348 e. The number of esters is 2. The zero-order valence-corrected chi connectivity index (χ0v) is 19.8. The quantitative estimate of drug-likeness (QED) is 0.360. The second kappa shape index (κ2) is 11.1. The fourth-order valence-electron chi connectivity index (χ4n) is 2.90. The lowest BCUT2D eigenvalue weighted by molar-refractivity contribution is 0.00256. The number of fused-ring (bicyclic) bond motifs is 8. The average molecular weight is 492 g/mol. The van der Waals surface area contributed by atoms with Crippen molar-refractivity contribution in [1.29, 1.82) is 0 Å². The van der Waals surface area contributed by atoms with Crippen LogP contribution in [0.25, 0.3) is 21.1 Å². The minimum Gasteiger partial charge on any atom is -0.459 e. The van der Waals surface area contributed by atoms with Gasteiger partial charge in [0, 0.05) is 4.90 Å². The van der Waals surface area contributed by atoms with Crippen LogP contribution in [0.5, 0.6) is 0 Å². The molecule has 0 radical (unpaired) electrons. The molecule has 6 bridgehead atoms. The lowest BCUT2D eigenvalue weighted by Crippen LogP contribution is -2.14. The first-order valence-corrected chi connectivity index (χ1v) is 12.8. The highest BCUT2D eigenvalue weighted by Crippen LogP contribution is 2.35. The number of carbonyl (C=O) groups excluding carboxylic acids is 2. The largest absolute Gasteiger partial charge is 0.459 e. The van der Waals surface area contributed by atoms with Gasteiger partial charge in [0.1, 0.15) is 23.0 Å². The van der Waals surface area contributed by atoms with E-state index in [1.165, 1.54) is 22.7 Å². The van der Waals surface area contributed by atoms with Crippen LogP contribution >= 0.6 is 34.4 Å². The Morgan fingerprint density at radius 3 is 1.62 bits per heavy atom. The molecular formula is C22H21NO6S3. The number of ether oxygens (including phenoxy) is 4. The number of carbonyl (C=O) groups is 2. The molecule has 0 aromatic carbocycles. The Hall–Kier alpha value is -2.24. The molecule has 168 valence electrons. The number of rotatable bonds is 1. The number of pyridine rings is 1. The molecular weight excluding hydrogens is 470 g/mol. The molecule has 0 amide bonds. The van der Waals surface area contributed by atoms with Crippen molar-refractivity contribution < 1.29 is 28.5 Å². The van der Waals surface area contributed by atoms with Crippen molar-refractivity contribution >= 4 is 46.4 Å². The van der Waals surface area contributed by atoms with Gasteiger partial charge < -0.3 is 18.9 Å². The van der Waals surface area contributed by atoms with Gasteiger partial charge in [0.2, 0.25) is 0 Å². The first-order valence-electron chi connectivity index (χ1n) is 9.90. The van der Waals surface area contributed by atoms with Gasteiger partial charge in [-0.2, -0.15) is 0 Å². The van der Waals surface area contributed by atoms with Crippen molar-refractivity contribution in [3.8, 4) is 21.1 Å². The minimum atomic E-state index is -0.383. The van der Waals surface area contributed by atoms with Crippen LogP contribution in [0.1, 0.15) is 19.3 Å². The van der Waals surface area contributed by atoms with Crippen LogP contribution in [0.4, 0.5) is 0 Å². The van der Waals surface area contributed by atoms with Crippen molar-refractivity contribution in [3.63, 3.8) is 0 Å². The number of thiophene rings is 2. The van der Waals surface area contributed by atoms with Gasteiger partial charge >= 0.3 is 11.9 Å². The van der Waals surface area contributed by atoms with Crippen molar-refractivity contribution in [3.05, 3.63) is 46.2 Å². The van der Waals surface area contributed by atoms with Crippen LogP contribution < -0.4 is 0 Å². The standard InChI is InChI=1S/C22H21NO6S3/c1-30-14-12-15-17-2-4-19(31-17)21(24)28-10-8-26-6-7-27-9-11-29-22(25)20-5-3-18(32-20)16(13-14)23-15/h2-5,12-13H,6-11H2,1H3. The van der Waals surface area contributed by atoms with E-state index in [1.54, 1.807) is 23.9 Å². The van der Waals surface area contributed by atoms with E-state index in [9.17, 15) is 9.59 Å². The van der Waals surface area contributed by atoms with Gasteiger partial charge in [0.05, 0.1) is 47.6 Å². The summed E-state index contributed by atoms with van der Waals surface area (Å²) in [6.07, 6.45) is 1.99. The Balaban J connectivity index is 1.64. The molecule has 0 aliphatic carbocycles. The second-order valence-corrected chi connectivity index (χ2v) is 9.65. The number of aromatic nitrogens is 1. The van der Waals surface area contributed by atoms with E-state index in [0.717, 1.165) is 26.0 Å². The number of thioether (sulfide) groups is 1. The van der Waals surface area contributed by atoms with E-state index in [1.807, 2.05) is 30.5 Å². The molecule has 7 nitrogen and oxygen atoms in total. The molecule has 32 heavy (non-hydrogen) atoms. The highest BCUT2D eigenvalue weighted by molar-refractivity contribution is 7.98. The monoisotopic (exact) mass is 491 g/mol. The van der Waals surface area contributed by atoms with E-state index < -0.39 is 0 Å². The predicted octanol–water partition coefficient (Wildman–Crippen LogP) is 4.62. The van der Waals surface area contributed by atoms with Crippen molar-refractivity contribution in [1.82, 2.24) is 4.98 Å². The fourth-order valence-corrected chi connectivity index (χ4v) is 5.08. The maximum atomic E-state index is 12.4. The summed E-state index contributed by atoms with van der Waals surface area (Å²) >= 11 is 4.27. The Kier molecular flexibility index (Phi) is 7.93. The van der Waals surface area contributed by atoms with E-state index in [0.29, 0.717) is 23.0 Å². The second-order valence-electron chi connectivity index (χ2n) is 6.60. The molecule has 3 aromatic rings. The van der Waals surface area contributed by atoms with Crippen LogP contribution in [0.15, 0.2) is 41.3 Å². The van der Waals surface area contributed by atoms with Gasteiger partial charge in [-0.25, -0.2) is 14.6 Å². The first kappa shape index (κ1) is 22.9. The lowest BCUT2D eigenvalue weighted by Gasteiger charge is -2.07. The summed E-state index contributed by atoms with van der Waals surface area (Å²) in [4.78, 5) is 33.3. The molecule has 4 heterocycles. The molecule has 0 N–H and O–H groups in total. The van der Waals surface area contributed by atoms with Gasteiger partial charge in [-0.3, -0.25) is 0 Å². The van der Waals surface area contributed by atoms with Gasteiger partial charge in [-0.1, -0.05) is 0 Å². The Bertz CT molecular complexity index is 1010. The van der Waals surface area contributed by atoms with E-state index in [-0.39, 0.29) is 38.4 Å². The highest BCUT2D eigenvalue weighted by atomic mass is 32.2. The van der Waals surface area contributed by atoms with Crippen LogP contribution in [0.3, 0.4) is 0 Å². The maximum Gasteiger partial charge on any atom is 0.348 e. The molecule has 4 rings (SSSR count). The Morgan fingerprint density at radius 2 is 1.16 bits per heavy atom. The summed E-state index contributed by atoms with van der Waals surface area (Å²) in [5.74, 6) is -0.765. The predicted molar refractivity (Wildman–Crippen MR) is 125 cm³/mol. The summed E-state index contributed by atoms with van der Waals surface area (Å²) in [6.45, 7) is 1.61. The van der Waals surface area contributed by atoms with Crippen molar-refractivity contribution in [2.45, 2.75) is 4.90 Å². The molecule has 1 aliphatic heterocycles. The van der Waals surface area contributed by atoms with E-state index in [2.05, 4.69) is 0 Å². The molecule has 1 aliphatic rings. The molecule has 0 atom stereocenters. The fraction of sp³-hybridized carbons (Fsp3) is 0.318. The van der Waals surface area contributed by atoms with Gasteiger partial charge in [0.15, 0.2) is 0 Å². The summed E-state index contributed by atoms with van der Waals surface area (Å²) in [6, 6.07) is 11.2. The molecule has 10 heteroatoms. The number of nitrogens with zero attached hydrogens (tertiary/aromatic N) is 1. The van der Waals surface area contributed by atoms with Crippen molar-refractivity contribution in [2.24, 2.45) is 0 Å². The maximum absolute atomic E-state index is 12.4. The SMILES string of the molecule is CSc1cc2nc(c1)-c1ccc(s1)C(=O)OCCOCCOCCOC(=O)c1ccc-2s1. The van der Waals surface area contributed by atoms with Crippen LogP contribution in [-0.4, -0.2) is 62.8 Å². The van der Waals surface area contributed by atoms with Crippen molar-refractivity contribution in [2.75, 3.05) is 45.9 Å². The Morgan fingerprint density at radius 1 is 0.719 bits per heavy atom. The third-order valence-electron chi connectivity index (χ3n) is 4.45. The van der Waals surface area contributed by atoms with Crippen LogP contribution in [0.2, 0.25) is 0 Å². The zero-order chi connectivity index (χ0) is 22.3.